The molecular formula is C8H16O2. The molecule has 10 heavy (non-hydrogen) atoms. The number of hydrogen-bond acceptors (Lipinski definition) is 2. The van der Waals surface area contributed by atoms with E-state index >= 15 is 0 Å². The van der Waals surface area contributed by atoms with E-state index < -0.39 is 0 Å². The van der Waals surface area contributed by atoms with Gasteiger partial charge in [0.05, 0.1) is 13.2 Å². The van der Waals surface area contributed by atoms with Crippen LogP contribution in [-0.2, 0) is 9.47 Å². The van der Waals surface area contributed by atoms with Crippen molar-refractivity contribution in [3.8, 4) is 0 Å². The topological polar surface area (TPSA) is 21.8 Å². The molecule has 1 aliphatic rings. The summed E-state index contributed by atoms with van der Waals surface area (Å²) in [5.41, 5.74) is 0. The summed E-state index contributed by atoms with van der Waals surface area (Å²) in [6, 6.07) is 0. The van der Waals surface area contributed by atoms with Crippen LogP contribution in [-0.4, -0.2) is 25.9 Å². The van der Waals surface area contributed by atoms with Gasteiger partial charge in [0.15, 0.2) is 0 Å². The van der Waals surface area contributed by atoms with Gasteiger partial charge in [-0.15, -0.1) is 0 Å². The molecule has 60 valence electrons. The highest BCUT2D eigenvalue weighted by atomic mass is 16.6. The molecule has 0 aromatic rings. The van der Waals surface area contributed by atoms with Gasteiger partial charge in [0.2, 0.25) is 0 Å². The van der Waals surface area contributed by atoms with E-state index in [0.29, 0.717) is 12.0 Å². The Hall–Kier alpha value is -0.0800. The molecule has 0 aromatic carbocycles. The molecule has 1 rings (SSSR count). The van der Waals surface area contributed by atoms with E-state index in [2.05, 4.69) is 13.8 Å². The summed E-state index contributed by atoms with van der Waals surface area (Å²) in [5.74, 6) is 0.693. The van der Waals surface area contributed by atoms with Crippen LogP contribution in [0.4, 0.5) is 0 Å². The van der Waals surface area contributed by atoms with Crippen LogP contribution in [0.25, 0.3) is 0 Å². The van der Waals surface area contributed by atoms with Gasteiger partial charge >= 0.3 is 0 Å². The maximum absolute atomic E-state index is 5.39. The van der Waals surface area contributed by atoms with E-state index in [-0.39, 0.29) is 0 Å². The number of epoxide rings is 1. The van der Waals surface area contributed by atoms with Gasteiger partial charge in [-0.3, -0.25) is 0 Å². The Morgan fingerprint density at radius 1 is 1.70 bits per heavy atom. The Balaban J connectivity index is 1.83. The minimum atomic E-state index is 0.420. The average molecular weight is 144 g/mol. The fraction of sp³-hybridized carbons (Fsp3) is 1.00. The van der Waals surface area contributed by atoms with Crippen molar-refractivity contribution < 1.29 is 9.47 Å². The summed E-state index contributed by atoms with van der Waals surface area (Å²) >= 11 is 0. The third-order valence-electron chi connectivity index (χ3n) is 1.81. The SMILES string of the molecule is CC[C@H](C)COC[C@@H]1CO1. The number of rotatable bonds is 5. The zero-order chi connectivity index (χ0) is 7.40. The van der Waals surface area contributed by atoms with Crippen LogP contribution in [0.2, 0.25) is 0 Å². The van der Waals surface area contributed by atoms with E-state index in [0.717, 1.165) is 19.8 Å². The molecule has 0 N–H and O–H groups in total. The van der Waals surface area contributed by atoms with Crippen LogP contribution in [0.1, 0.15) is 20.3 Å². The summed E-state index contributed by atoms with van der Waals surface area (Å²) in [6.07, 6.45) is 1.62. The Kier molecular flexibility index (Phi) is 3.16. The molecule has 0 aromatic heterocycles. The first-order valence-electron chi connectivity index (χ1n) is 4.02. The highest BCUT2D eigenvalue weighted by Gasteiger charge is 2.22. The molecule has 0 aliphatic carbocycles. The van der Waals surface area contributed by atoms with Crippen LogP contribution < -0.4 is 0 Å². The molecule has 0 bridgehead atoms. The van der Waals surface area contributed by atoms with Crippen molar-refractivity contribution in [3.63, 3.8) is 0 Å². The fourth-order valence-electron chi connectivity index (χ4n) is 0.683. The second kappa shape index (κ2) is 3.94. The number of hydrogen-bond donors (Lipinski definition) is 0. The third kappa shape index (κ3) is 3.18. The van der Waals surface area contributed by atoms with Crippen LogP contribution in [0, 0.1) is 5.92 Å². The van der Waals surface area contributed by atoms with E-state index in [1.807, 2.05) is 0 Å². The Morgan fingerprint density at radius 3 is 2.90 bits per heavy atom. The average Bonchev–Trinajstić information content (AvgIpc) is 2.71. The molecule has 1 saturated heterocycles. The van der Waals surface area contributed by atoms with Crippen molar-refractivity contribution in [3.05, 3.63) is 0 Å². The van der Waals surface area contributed by atoms with Crippen molar-refractivity contribution in [1.82, 2.24) is 0 Å². The van der Waals surface area contributed by atoms with Gasteiger partial charge in [0.25, 0.3) is 0 Å². The lowest BCUT2D eigenvalue weighted by Crippen LogP contribution is -2.08. The van der Waals surface area contributed by atoms with E-state index in [1.165, 1.54) is 6.42 Å². The maximum atomic E-state index is 5.39. The van der Waals surface area contributed by atoms with Crippen LogP contribution in [0.15, 0.2) is 0 Å². The summed E-state index contributed by atoms with van der Waals surface area (Å²) < 4.78 is 10.4. The molecule has 1 fully saturated rings. The minimum Gasteiger partial charge on any atom is -0.378 e. The van der Waals surface area contributed by atoms with Crippen molar-refractivity contribution in [2.45, 2.75) is 26.4 Å². The molecule has 1 aliphatic heterocycles. The zero-order valence-electron chi connectivity index (χ0n) is 6.80. The van der Waals surface area contributed by atoms with Crippen molar-refractivity contribution in [2.24, 2.45) is 5.92 Å². The molecule has 0 amide bonds. The molecule has 2 atom stereocenters. The summed E-state index contributed by atoms with van der Waals surface area (Å²) in [5, 5.41) is 0. The second-order valence-corrected chi connectivity index (χ2v) is 3.01. The summed E-state index contributed by atoms with van der Waals surface area (Å²) in [7, 11) is 0. The maximum Gasteiger partial charge on any atom is 0.104 e. The standard InChI is InChI=1S/C8H16O2/c1-3-7(2)4-9-5-8-6-10-8/h7-8H,3-6H2,1-2H3/t7-,8+/m0/s1. The third-order valence-corrected chi connectivity index (χ3v) is 1.81. The lowest BCUT2D eigenvalue weighted by Gasteiger charge is -2.07. The first-order chi connectivity index (χ1) is 4.83. The van der Waals surface area contributed by atoms with Crippen molar-refractivity contribution in [2.75, 3.05) is 19.8 Å². The lowest BCUT2D eigenvalue weighted by atomic mass is 10.1. The molecule has 0 spiro atoms. The minimum absolute atomic E-state index is 0.420. The Morgan fingerprint density at radius 2 is 2.40 bits per heavy atom. The molecule has 2 heteroatoms. The predicted octanol–water partition coefficient (Wildman–Crippen LogP) is 1.45. The monoisotopic (exact) mass is 144 g/mol. The van der Waals surface area contributed by atoms with Crippen molar-refractivity contribution in [1.29, 1.82) is 0 Å². The molecule has 2 nitrogen and oxygen atoms in total. The molecule has 0 unspecified atom stereocenters. The smallest absolute Gasteiger partial charge is 0.104 e. The summed E-state index contributed by atoms with van der Waals surface area (Å²) in [6.45, 7) is 6.97. The van der Waals surface area contributed by atoms with Gasteiger partial charge in [-0.25, -0.2) is 0 Å². The van der Waals surface area contributed by atoms with E-state index in [4.69, 9.17) is 9.47 Å². The zero-order valence-corrected chi connectivity index (χ0v) is 6.80. The molecule has 0 radical (unpaired) electrons. The first-order valence-corrected chi connectivity index (χ1v) is 4.02. The van der Waals surface area contributed by atoms with Gasteiger partial charge in [-0.2, -0.15) is 0 Å². The predicted molar refractivity (Wildman–Crippen MR) is 40.0 cm³/mol. The molecular weight excluding hydrogens is 128 g/mol. The van der Waals surface area contributed by atoms with E-state index in [9.17, 15) is 0 Å². The Labute approximate surface area is 62.5 Å². The quantitative estimate of drug-likeness (QED) is 0.545. The van der Waals surface area contributed by atoms with E-state index in [1.54, 1.807) is 0 Å². The lowest BCUT2D eigenvalue weighted by molar-refractivity contribution is 0.0897. The fourth-order valence-corrected chi connectivity index (χ4v) is 0.683. The highest BCUT2D eigenvalue weighted by Crippen LogP contribution is 2.09. The van der Waals surface area contributed by atoms with Crippen LogP contribution >= 0.6 is 0 Å². The second-order valence-electron chi connectivity index (χ2n) is 3.01. The highest BCUT2D eigenvalue weighted by molar-refractivity contribution is 4.67. The summed E-state index contributed by atoms with van der Waals surface area (Å²) in [4.78, 5) is 0. The first kappa shape index (κ1) is 8.02. The van der Waals surface area contributed by atoms with Crippen LogP contribution in [0.5, 0.6) is 0 Å². The molecule has 0 saturated carbocycles. The normalized spacial score (nSPS) is 26.4. The van der Waals surface area contributed by atoms with Gasteiger partial charge in [0.1, 0.15) is 6.10 Å². The van der Waals surface area contributed by atoms with Gasteiger partial charge in [-0.05, 0) is 5.92 Å². The van der Waals surface area contributed by atoms with Crippen molar-refractivity contribution >= 4 is 0 Å². The number of ether oxygens (including phenoxy) is 2. The van der Waals surface area contributed by atoms with Crippen LogP contribution in [0.3, 0.4) is 0 Å². The van der Waals surface area contributed by atoms with Gasteiger partial charge < -0.3 is 9.47 Å². The van der Waals surface area contributed by atoms with Gasteiger partial charge in [0, 0.05) is 6.61 Å². The van der Waals surface area contributed by atoms with Gasteiger partial charge in [-0.1, -0.05) is 20.3 Å². The molecule has 1 heterocycles. The largest absolute Gasteiger partial charge is 0.378 e. The Bertz CT molecular complexity index is 89.3.